The van der Waals surface area contributed by atoms with Crippen molar-refractivity contribution >= 4 is 34.5 Å². The summed E-state index contributed by atoms with van der Waals surface area (Å²) in [4.78, 5) is 0. The highest BCUT2D eigenvalue weighted by molar-refractivity contribution is 7.20. The average molecular weight is 314 g/mol. The van der Waals surface area contributed by atoms with Crippen molar-refractivity contribution in [2.75, 3.05) is 7.05 Å². The van der Waals surface area contributed by atoms with Crippen LogP contribution in [0.25, 0.3) is 0 Å². The maximum atomic E-state index is 6.23. The van der Waals surface area contributed by atoms with Crippen LogP contribution in [0.4, 0.5) is 0 Å². The molecular weight excluding hydrogens is 297 g/mol. The Morgan fingerprint density at radius 1 is 1.16 bits per heavy atom. The summed E-state index contributed by atoms with van der Waals surface area (Å²) in [6.45, 7) is 2.17. The van der Waals surface area contributed by atoms with Crippen LogP contribution in [0.2, 0.25) is 8.67 Å². The lowest BCUT2D eigenvalue weighted by molar-refractivity contribution is 0.594. The van der Waals surface area contributed by atoms with Gasteiger partial charge in [-0.25, -0.2) is 0 Å². The van der Waals surface area contributed by atoms with Gasteiger partial charge >= 0.3 is 0 Å². The van der Waals surface area contributed by atoms with Gasteiger partial charge < -0.3 is 5.32 Å². The Morgan fingerprint density at radius 3 is 2.26 bits per heavy atom. The Labute approximate surface area is 128 Å². The molecule has 0 fully saturated rings. The standard InChI is InChI=1S/C15H17Cl2NS/c1-3-10-4-6-11(7-5-10)8-13(18-2)12-9-14(16)19-15(12)17/h4-7,9,13,18H,3,8H2,1-2H3. The molecule has 1 aromatic heterocycles. The largest absolute Gasteiger partial charge is 0.313 e. The van der Waals surface area contributed by atoms with Crippen molar-refractivity contribution in [1.29, 1.82) is 0 Å². The molecule has 19 heavy (non-hydrogen) atoms. The number of aryl methyl sites for hydroxylation is 1. The molecule has 1 aromatic carbocycles. The zero-order valence-electron chi connectivity index (χ0n) is 11.0. The Bertz CT molecular complexity index is 534. The number of thiophene rings is 1. The summed E-state index contributed by atoms with van der Waals surface area (Å²) in [7, 11) is 1.95. The van der Waals surface area contributed by atoms with Crippen molar-refractivity contribution in [3.63, 3.8) is 0 Å². The van der Waals surface area contributed by atoms with Gasteiger partial charge in [0.2, 0.25) is 0 Å². The minimum atomic E-state index is 0.198. The molecule has 0 spiro atoms. The Kier molecular flexibility index (Phi) is 5.28. The average Bonchev–Trinajstić information content (AvgIpc) is 2.75. The van der Waals surface area contributed by atoms with E-state index >= 15 is 0 Å². The molecule has 1 nitrogen and oxygen atoms in total. The highest BCUT2D eigenvalue weighted by Crippen LogP contribution is 2.36. The van der Waals surface area contributed by atoms with Crippen molar-refractivity contribution in [1.82, 2.24) is 5.32 Å². The van der Waals surface area contributed by atoms with Crippen LogP contribution in [0, 0.1) is 0 Å². The number of likely N-dealkylation sites (N-methyl/N-ethyl adjacent to an activating group) is 1. The molecule has 0 aliphatic carbocycles. The van der Waals surface area contributed by atoms with Crippen molar-refractivity contribution in [2.45, 2.75) is 25.8 Å². The van der Waals surface area contributed by atoms with Crippen molar-refractivity contribution in [3.05, 3.63) is 55.7 Å². The highest BCUT2D eigenvalue weighted by Gasteiger charge is 2.16. The minimum Gasteiger partial charge on any atom is -0.313 e. The maximum Gasteiger partial charge on any atom is 0.0992 e. The van der Waals surface area contributed by atoms with E-state index in [1.807, 2.05) is 13.1 Å². The molecule has 0 aliphatic rings. The number of hydrogen-bond donors (Lipinski definition) is 1. The number of halogens is 2. The first kappa shape index (κ1) is 14.9. The fourth-order valence-corrected chi connectivity index (χ4v) is 3.68. The van der Waals surface area contributed by atoms with Crippen molar-refractivity contribution in [2.24, 2.45) is 0 Å². The number of nitrogens with one attached hydrogen (secondary N) is 1. The Balaban J connectivity index is 2.16. The van der Waals surface area contributed by atoms with E-state index in [9.17, 15) is 0 Å². The Hall–Kier alpha value is -0.540. The van der Waals surface area contributed by atoms with Gasteiger partial charge in [0.1, 0.15) is 0 Å². The second-order valence-electron chi connectivity index (χ2n) is 4.49. The third kappa shape index (κ3) is 3.73. The molecule has 1 N–H and O–H groups in total. The van der Waals surface area contributed by atoms with Gasteiger partial charge in [-0.2, -0.15) is 0 Å². The minimum absolute atomic E-state index is 0.198. The van der Waals surface area contributed by atoms with E-state index in [0.29, 0.717) is 0 Å². The van der Waals surface area contributed by atoms with Gasteiger partial charge in [0.15, 0.2) is 0 Å². The molecule has 0 radical (unpaired) electrons. The Morgan fingerprint density at radius 2 is 1.79 bits per heavy atom. The van der Waals surface area contributed by atoms with Crippen LogP contribution < -0.4 is 5.32 Å². The first-order valence-corrected chi connectivity index (χ1v) is 7.91. The van der Waals surface area contributed by atoms with E-state index in [2.05, 4.69) is 36.5 Å². The third-order valence-corrected chi connectivity index (χ3v) is 4.80. The molecule has 2 rings (SSSR count). The molecule has 0 saturated carbocycles. The van der Waals surface area contributed by atoms with Crippen LogP contribution in [0.15, 0.2) is 30.3 Å². The summed E-state index contributed by atoms with van der Waals surface area (Å²) in [6, 6.07) is 10.9. The summed E-state index contributed by atoms with van der Waals surface area (Å²) < 4.78 is 1.51. The topological polar surface area (TPSA) is 12.0 Å². The molecule has 0 amide bonds. The maximum absolute atomic E-state index is 6.23. The molecule has 0 saturated heterocycles. The van der Waals surface area contributed by atoms with E-state index in [1.54, 1.807) is 0 Å². The van der Waals surface area contributed by atoms with Gasteiger partial charge in [0.25, 0.3) is 0 Å². The normalized spacial score (nSPS) is 12.6. The fourth-order valence-electron chi connectivity index (χ4n) is 2.10. The van der Waals surface area contributed by atoms with Crippen LogP contribution in [0.3, 0.4) is 0 Å². The molecule has 4 heteroatoms. The molecule has 2 aromatic rings. The summed E-state index contributed by atoms with van der Waals surface area (Å²) >= 11 is 13.7. The fraction of sp³-hybridized carbons (Fsp3) is 0.333. The van der Waals surface area contributed by atoms with Crippen molar-refractivity contribution in [3.8, 4) is 0 Å². The molecular formula is C15H17Cl2NS. The second-order valence-corrected chi connectivity index (χ2v) is 6.78. The first-order chi connectivity index (χ1) is 9.13. The first-order valence-electron chi connectivity index (χ1n) is 6.33. The van der Waals surface area contributed by atoms with E-state index in [0.717, 1.165) is 27.1 Å². The summed E-state index contributed by atoms with van der Waals surface area (Å²) in [6.07, 6.45) is 1.98. The monoisotopic (exact) mass is 313 g/mol. The lowest BCUT2D eigenvalue weighted by Gasteiger charge is -2.16. The van der Waals surface area contributed by atoms with E-state index in [4.69, 9.17) is 23.2 Å². The van der Waals surface area contributed by atoms with E-state index in [1.165, 1.54) is 22.5 Å². The lowest BCUT2D eigenvalue weighted by atomic mass is 10.00. The highest BCUT2D eigenvalue weighted by atomic mass is 35.5. The molecule has 1 unspecified atom stereocenters. The molecule has 1 atom stereocenters. The lowest BCUT2D eigenvalue weighted by Crippen LogP contribution is -2.18. The molecule has 1 heterocycles. The van der Waals surface area contributed by atoms with E-state index < -0.39 is 0 Å². The van der Waals surface area contributed by atoms with Crippen LogP contribution in [-0.2, 0) is 12.8 Å². The zero-order chi connectivity index (χ0) is 13.8. The van der Waals surface area contributed by atoms with Crippen LogP contribution in [0.1, 0.15) is 29.7 Å². The quantitative estimate of drug-likeness (QED) is 0.807. The van der Waals surface area contributed by atoms with Crippen LogP contribution in [-0.4, -0.2) is 7.05 Å². The van der Waals surface area contributed by atoms with Gasteiger partial charge in [0, 0.05) is 11.6 Å². The zero-order valence-corrected chi connectivity index (χ0v) is 13.4. The van der Waals surface area contributed by atoms with Crippen LogP contribution >= 0.6 is 34.5 Å². The second kappa shape index (κ2) is 6.76. The summed E-state index contributed by atoms with van der Waals surface area (Å²) in [5.41, 5.74) is 3.75. The predicted molar refractivity (Wildman–Crippen MR) is 85.7 cm³/mol. The van der Waals surface area contributed by atoms with Gasteiger partial charge in [-0.05, 0) is 37.1 Å². The third-order valence-electron chi connectivity index (χ3n) is 3.28. The number of rotatable bonds is 5. The number of benzene rings is 1. The molecule has 102 valence electrons. The van der Waals surface area contributed by atoms with Gasteiger partial charge in [-0.3, -0.25) is 0 Å². The molecule has 0 bridgehead atoms. The van der Waals surface area contributed by atoms with Gasteiger partial charge in [-0.1, -0.05) is 54.4 Å². The number of hydrogen-bond acceptors (Lipinski definition) is 2. The van der Waals surface area contributed by atoms with Crippen LogP contribution in [0.5, 0.6) is 0 Å². The van der Waals surface area contributed by atoms with E-state index in [-0.39, 0.29) is 6.04 Å². The van der Waals surface area contributed by atoms with Crippen molar-refractivity contribution < 1.29 is 0 Å². The summed E-state index contributed by atoms with van der Waals surface area (Å²) in [5, 5.41) is 3.31. The molecule has 0 aliphatic heterocycles. The predicted octanol–water partition coefficient (Wildman–Crippen LogP) is 5.12. The van der Waals surface area contributed by atoms with Gasteiger partial charge in [0.05, 0.1) is 8.67 Å². The SMILES string of the molecule is CCc1ccc(CC(NC)c2cc(Cl)sc2Cl)cc1. The summed E-state index contributed by atoms with van der Waals surface area (Å²) in [5.74, 6) is 0. The van der Waals surface area contributed by atoms with Gasteiger partial charge in [-0.15, -0.1) is 11.3 Å². The smallest absolute Gasteiger partial charge is 0.0992 e.